The van der Waals surface area contributed by atoms with Gasteiger partial charge >= 0.3 is 0 Å². The normalized spacial score (nSPS) is 8.25. The van der Waals surface area contributed by atoms with Crippen LogP contribution in [-0.2, 0) is 11.3 Å². The van der Waals surface area contributed by atoms with Crippen molar-refractivity contribution in [1.82, 2.24) is 0 Å². The summed E-state index contributed by atoms with van der Waals surface area (Å²) in [6, 6.07) is 8.25. The first-order valence-electron chi connectivity index (χ1n) is 3.90. The van der Waals surface area contributed by atoms with E-state index >= 15 is 0 Å². The molecule has 12 heavy (non-hydrogen) atoms. The van der Waals surface area contributed by atoms with Crippen LogP contribution in [0.5, 0.6) is 0 Å². The van der Waals surface area contributed by atoms with Gasteiger partial charge in [-0.1, -0.05) is 29.8 Å². The number of carbonyl (C=O) groups excluding carboxylic acids is 1. The molecule has 0 aliphatic heterocycles. The van der Waals surface area contributed by atoms with Crippen LogP contribution >= 0.6 is 0 Å². The Morgan fingerprint density at radius 1 is 1.33 bits per heavy atom. The van der Waals surface area contributed by atoms with E-state index in [4.69, 9.17) is 10.5 Å². The molecule has 0 radical (unpaired) electrons. The molecule has 0 bridgehead atoms. The zero-order valence-electron chi connectivity index (χ0n) is 7.58. The summed E-state index contributed by atoms with van der Waals surface area (Å²) in [6.07, 6.45) is 0.750. The summed E-state index contributed by atoms with van der Waals surface area (Å²) in [7, 11) is 0. The van der Waals surface area contributed by atoms with E-state index in [0.717, 1.165) is 6.29 Å². The number of hydrogen-bond acceptors (Lipinski definition) is 2. The average molecular weight is 165 g/mol. The Morgan fingerprint density at radius 2 is 1.75 bits per heavy atom. The maximum atomic E-state index is 8.81. The summed E-state index contributed by atoms with van der Waals surface area (Å²) in [6.45, 7) is 4.15. The van der Waals surface area contributed by atoms with Gasteiger partial charge in [-0.3, -0.25) is 0 Å². The van der Waals surface area contributed by atoms with Gasteiger partial charge in [0.25, 0.3) is 0 Å². The molecular weight excluding hydrogens is 150 g/mol. The lowest BCUT2D eigenvalue weighted by molar-refractivity contribution is -0.106. The van der Waals surface area contributed by atoms with E-state index in [1.165, 1.54) is 18.1 Å². The maximum absolute atomic E-state index is 8.81. The second kappa shape index (κ2) is 6.55. The van der Waals surface area contributed by atoms with Gasteiger partial charge in [0.2, 0.25) is 0 Å². The first-order valence-corrected chi connectivity index (χ1v) is 3.90. The lowest BCUT2D eigenvalue weighted by atomic mass is 10.2. The highest BCUT2D eigenvalue weighted by Crippen LogP contribution is 2.00. The van der Waals surface area contributed by atoms with Crippen molar-refractivity contribution >= 4 is 6.29 Å². The Kier molecular flexibility index (Phi) is 5.93. The Balaban J connectivity index is 0.000000354. The number of benzene rings is 1. The molecule has 0 amide bonds. The molecular formula is C10H15NO. The van der Waals surface area contributed by atoms with E-state index in [1.807, 2.05) is 0 Å². The topological polar surface area (TPSA) is 43.1 Å². The fraction of sp³-hybridized carbons (Fsp3) is 0.300. The zero-order chi connectivity index (χ0) is 9.40. The molecule has 0 saturated carbocycles. The molecule has 0 fully saturated rings. The number of aryl methyl sites for hydroxylation is 1. The van der Waals surface area contributed by atoms with Gasteiger partial charge in [-0.15, -0.1) is 0 Å². The van der Waals surface area contributed by atoms with E-state index in [-0.39, 0.29) is 0 Å². The van der Waals surface area contributed by atoms with Crippen LogP contribution in [0.2, 0.25) is 0 Å². The first-order chi connectivity index (χ1) is 5.74. The molecule has 0 atom stereocenters. The number of nitrogens with two attached hydrogens (primary N) is 1. The summed E-state index contributed by atoms with van der Waals surface area (Å²) >= 11 is 0. The average Bonchev–Trinajstić information content (AvgIpc) is 2.07. The lowest BCUT2D eigenvalue weighted by Gasteiger charge is -1.94. The van der Waals surface area contributed by atoms with Gasteiger partial charge in [-0.05, 0) is 19.4 Å². The number of hydrogen-bond donors (Lipinski definition) is 1. The summed E-state index contributed by atoms with van der Waals surface area (Å²) < 4.78 is 0. The fourth-order valence-corrected chi connectivity index (χ4v) is 0.724. The van der Waals surface area contributed by atoms with Gasteiger partial charge in [-0.25, -0.2) is 0 Å². The SMILES string of the molecule is CC=O.Cc1ccc(CN)cc1. The molecule has 1 aromatic rings. The predicted molar refractivity (Wildman–Crippen MR) is 50.8 cm³/mol. The van der Waals surface area contributed by atoms with Crippen molar-refractivity contribution < 1.29 is 4.79 Å². The van der Waals surface area contributed by atoms with Crippen molar-refractivity contribution in [2.24, 2.45) is 5.73 Å². The Morgan fingerprint density at radius 3 is 2.08 bits per heavy atom. The van der Waals surface area contributed by atoms with Crippen LogP contribution in [0.4, 0.5) is 0 Å². The summed E-state index contributed by atoms with van der Waals surface area (Å²) in [4.78, 5) is 8.81. The molecule has 0 heterocycles. The van der Waals surface area contributed by atoms with Crippen LogP contribution in [0.1, 0.15) is 18.1 Å². The summed E-state index contributed by atoms with van der Waals surface area (Å²) in [5, 5.41) is 0. The highest BCUT2D eigenvalue weighted by Gasteiger charge is 1.84. The van der Waals surface area contributed by atoms with Crippen LogP contribution in [0.25, 0.3) is 0 Å². The maximum Gasteiger partial charge on any atom is 0.116 e. The van der Waals surface area contributed by atoms with Gasteiger partial charge in [0.15, 0.2) is 0 Å². The third kappa shape index (κ3) is 4.63. The molecule has 0 aromatic heterocycles. The van der Waals surface area contributed by atoms with Crippen LogP contribution < -0.4 is 5.73 Å². The Labute approximate surface area is 73.4 Å². The molecule has 0 aliphatic rings. The van der Waals surface area contributed by atoms with Crippen LogP contribution in [0.15, 0.2) is 24.3 Å². The first kappa shape index (κ1) is 10.8. The van der Waals surface area contributed by atoms with Crippen molar-refractivity contribution in [3.63, 3.8) is 0 Å². The minimum atomic E-state index is 0.639. The van der Waals surface area contributed by atoms with E-state index in [1.54, 1.807) is 0 Å². The molecule has 0 aliphatic carbocycles. The molecule has 0 saturated heterocycles. The standard InChI is InChI=1S/C8H11N.C2H4O/c1-7-2-4-8(6-9)5-3-7;1-2-3/h2-5H,6,9H2,1H3;2H,1H3. The highest BCUT2D eigenvalue weighted by molar-refractivity contribution is 5.44. The monoisotopic (exact) mass is 165 g/mol. The van der Waals surface area contributed by atoms with Crippen molar-refractivity contribution in [2.45, 2.75) is 20.4 Å². The molecule has 2 heteroatoms. The quantitative estimate of drug-likeness (QED) is 0.643. The van der Waals surface area contributed by atoms with Crippen molar-refractivity contribution in [1.29, 1.82) is 0 Å². The minimum absolute atomic E-state index is 0.639. The second-order valence-electron chi connectivity index (χ2n) is 2.43. The van der Waals surface area contributed by atoms with Gasteiger partial charge in [-0.2, -0.15) is 0 Å². The van der Waals surface area contributed by atoms with Crippen molar-refractivity contribution in [2.75, 3.05) is 0 Å². The van der Waals surface area contributed by atoms with E-state index < -0.39 is 0 Å². The van der Waals surface area contributed by atoms with Crippen LogP contribution in [0, 0.1) is 6.92 Å². The molecule has 2 nitrogen and oxygen atoms in total. The lowest BCUT2D eigenvalue weighted by Crippen LogP contribution is -1.94. The molecule has 0 spiro atoms. The predicted octanol–water partition coefficient (Wildman–Crippen LogP) is 1.66. The summed E-state index contributed by atoms with van der Waals surface area (Å²) in [5.41, 5.74) is 7.88. The van der Waals surface area contributed by atoms with Crippen molar-refractivity contribution in [3.05, 3.63) is 35.4 Å². The fourth-order valence-electron chi connectivity index (χ4n) is 0.724. The largest absolute Gasteiger partial charge is 0.326 e. The van der Waals surface area contributed by atoms with Gasteiger partial charge in [0.05, 0.1) is 0 Å². The van der Waals surface area contributed by atoms with E-state index in [0.29, 0.717) is 6.54 Å². The van der Waals surface area contributed by atoms with Crippen LogP contribution in [0.3, 0.4) is 0 Å². The van der Waals surface area contributed by atoms with E-state index in [9.17, 15) is 0 Å². The number of carbonyl (C=O) groups is 1. The zero-order valence-corrected chi connectivity index (χ0v) is 7.58. The number of aldehydes is 1. The highest BCUT2D eigenvalue weighted by atomic mass is 16.1. The minimum Gasteiger partial charge on any atom is -0.326 e. The third-order valence-electron chi connectivity index (χ3n) is 1.36. The third-order valence-corrected chi connectivity index (χ3v) is 1.36. The molecule has 1 aromatic carbocycles. The Hall–Kier alpha value is -1.15. The van der Waals surface area contributed by atoms with Gasteiger partial charge in [0, 0.05) is 6.54 Å². The van der Waals surface area contributed by atoms with E-state index in [2.05, 4.69) is 31.2 Å². The molecule has 1 rings (SSSR count). The Bertz CT molecular complexity index is 216. The van der Waals surface area contributed by atoms with Gasteiger partial charge in [0.1, 0.15) is 6.29 Å². The van der Waals surface area contributed by atoms with Crippen molar-refractivity contribution in [3.8, 4) is 0 Å². The molecule has 0 unspecified atom stereocenters. The number of rotatable bonds is 1. The smallest absolute Gasteiger partial charge is 0.116 e. The summed E-state index contributed by atoms with van der Waals surface area (Å²) in [5.74, 6) is 0. The molecule has 66 valence electrons. The second-order valence-corrected chi connectivity index (χ2v) is 2.43. The van der Waals surface area contributed by atoms with Gasteiger partial charge < -0.3 is 10.5 Å². The van der Waals surface area contributed by atoms with Crippen LogP contribution in [-0.4, -0.2) is 6.29 Å². The molecule has 2 N–H and O–H groups in total.